The lowest BCUT2D eigenvalue weighted by Crippen LogP contribution is -2.08. The van der Waals surface area contributed by atoms with Crippen LogP contribution in [0.1, 0.15) is 15.9 Å². The van der Waals surface area contributed by atoms with Crippen LogP contribution >= 0.6 is 11.6 Å². The molecule has 0 aliphatic carbocycles. The maximum Gasteiger partial charge on any atom is 0.417 e. The summed E-state index contributed by atoms with van der Waals surface area (Å²) in [7, 11) is 0. The number of aromatic nitrogens is 1. The highest BCUT2D eigenvalue weighted by Gasteiger charge is 2.34. The van der Waals surface area contributed by atoms with Gasteiger partial charge in [-0.15, -0.1) is 0 Å². The zero-order valence-electron chi connectivity index (χ0n) is 9.41. The molecule has 2 aromatic rings. The third-order valence-electron chi connectivity index (χ3n) is 2.52. The van der Waals surface area contributed by atoms with Crippen molar-refractivity contribution in [3.63, 3.8) is 0 Å². The van der Waals surface area contributed by atoms with Crippen LogP contribution in [0.25, 0.3) is 11.1 Å². The van der Waals surface area contributed by atoms with Crippen LogP contribution in [0.5, 0.6) is 0 Å². The Morgan fingerprint density at radius 2 is 1.95 bits per heavy atom. The van der Waals surface area contributed by atoms with Crippen molar-refractivity contribution in [3.8, 4) is 11.1 Å². The highest BCUT2D eigenvalue weighted by atomic mass is 35.5. The maximum atomic E-state index is 13.0. The molecule has 19 heavy (non-hydrogen) atoms. The molecular weight excluding hydrogens is 279 g/mol. The van der Waals surface area contributed by atoms with Crippen molar-refractivity contribution in [1.29, 1.82) is 0 Å². The molecule has 2 rings (SSSR count). The van der Waals surface area contributed by atoms with Gasteiger partial charge in [-0.05, 0) is 35.4 Å². The Hall–Kier alpha value is -1.88. The SMILES string of the molecule is O=C(Cl)c1ccc(-c2cccnc2)c(C(F)(F)F)c1. The number of hydrogen-bond acceptors (Lipinski definition) is 2. The summed E-state index contributed by atoms with van der Waals surface area (Å²) in [6.07, 6.45) is -1.78. The number of benzene rings is 1. The minimum absolute atomic E-state index is 0.0396. The van der Waals surface area contributed by atoms with E-state index in [2.05, 4.69) is 4.98 Å². The van der Waals surface area contributed by atoms with E-state index in [4.69, 9.17) is 11.6 Å². The lowest BCUT2D eigenvalue weighted by molar-refractivity contribution is -0.137. The zero-order chi connectivity index (χ0) is 14.0. The summed E-state index contributed by atoms with van der Waals surface area (Å²) in [6, 6.07) is 6.27. The van der Waals surface area contributed by atoms with Gasteiger partial charge in [0.1, 0.15) is 0 Å². The predicted octanol–water partition coefficient (Wildman–Crippen LogP) is 4.15. The van der Waals surface area contributed by atoms with Crippen LogP contribution in [0.4, 0.5) is 13.2 Å². The molecule has 0 aliphatic heterocycles. The predicted molar refractivity (Wildman–Crippen MR) is 64.9 cm³/mol. The molecule has 0 radical (unpaired) electrons. The van der Waals surface area contributed by atoms with Gasteiger partial charge in [-0.2, -0.15) is 13.2 Å². The normalized spacial score (nSPS) is 11.4. The molecule has 1 aromatic heterocycles. The molecule has 1 heterocycles. The van der Waals surface area contributed by atoms with Gasteiger partial charge in [0, 0.05) is 23.5 Å². The fourth-order valence-electron chi connectivity index (χ4n) is 1.67. The summed E-state index contributed by atoms with van der Waals surface area (Å²) < 4.78 is 39.0. The van der Waals surface area contributed by atoms with Crippen LogP contribution in [0.15, 0.2) is 42.7 Å². The van der Waals surface area contributed by atoms with Crippen molar-refractivity contribution in [1.82, 2.24) is 4.98 Å². The lowest BCUT2D eigenvalue weighted by atomic mass is 9.98. The Balaban J connectivity index is 2.65. The standard InChI is InChI=1S/C13H7ClF3NO/c14-12(19)8-3-4-10(9-2-1-5-18-7-9)11(6-8)13(15,16)17/h1-7H. The quantitative estimate of drug-likeness (QED) is 0.776. The highest BCUT2D eigenvalue weighted by molar-refractivity contribution is 6.67. The van der Waals surface area contributed by atoms with E-state index in [0.717, 1.165) is 6.07 Å². The van der Waals surface area contributed by atoms with Crippen LogP contribution in [0.2, 0.25) is 0 Å². The summed E-state index contributed by atoms with van der Waals surface area (Å²) in [5.74, 6) is 0. The lowest BCUT2D eigenvalue weighted by Gasteiger charge is -2.13. The molecule has 0 saturated heterocycles. The van der Waals surface area contributed by atoms with E-state index in [0.29, 0.717) is 5.56 Å². The third-order valence-corrected chi connectivity index (χ3v) is 2.74. The number of carbonyl (C=O) groups is 1. The number of halogens is 4. The van der Waals surface area contributed by atoms with Crippen molar-refractivity contribution in [2.75, 3.05) is 0 Å². The van der Waals surface area contributed by atoms with E-state index >= 15 is 0 Å². The first kappa shape index (κ1) is 13.5. The summed E-state index contributed by atoms with van der Waals surface area (Å²) in [6.45, 7) is 0. The second kappa shape index (κ2) is 5.01. The van der Waals surface area contributed by atoms with Gasteiger partial charge in [0.15, 0.2) is 0 Å². The monoisotopic (exact) mass is 285 g/mol. The molecule has 0 bridgehead atoms. The van der Waals surface area contributed by atoms with Gasteiger partial charge < -0.3 is 0 Å². The summed E-state index contributed by atoms with van der Waals surface area (Å²) in [5, 5.41) is -0.928. The van der Waals surface area contributed by atoms with E-state index in [1.54, 1.807) is 0 Å². The van der Waals surface area contributed by atoms with Crippen molar-refractivity contribution < 1.29 is 18.0 Å². The van der Waals surface area contributed by atoms with Gasteiger partial charge in [0.2, 0.25) is 0 Å². The first-order valence-corrected chi connectivity index (χ1v) is 5.59. The largest absolute Gasteiger partial charge is 0.417 e. The van der Waals surface area contributed by atoms with Crippen molar-refractivity contribution >= 4 is 16.8 Å². The number of rotatable bonds is 2. The van der Waals surface area contributed by atoms with E-state index in [1.165, 1.54) is 36.7 Å². The van der Waals surface area contributed by atoms with Gasteiger partial charge in [-0.1, -0.05) is 12.1 Å². The Kier molecular flexibility index (Phi) is 3.57. The van der Waals surface area contributed by atoms with Crippen LogP contribution in [-0.4, -0.2) is 10.2 Å². The van der Waals surface area contributed by atoms with Crippen LogP contribution in [0, 0.1) is 0 Å². The Morgan fingerprint density at radius 1 is 1.21 bits per heavy atom. The molecule has 0 unspecified atom stereocenters. The molecule has 0 amide bonds. The Bertz CT molecular complexity index is 611. The molecule has 2 nitrogen and oxygen atoms in total. The average molecular weight is 286 g/mol. The summed E-state index contributed by atoms with van der Waals surface area (Å²) >= 11 is 5.20. The minimum Gasteiger partial charge on any atom is -0.276 e. The number of nitrogens with zero attached hydrogens (tertiary/aromatic N) is 1. The number of pyridine rings is 1. The average Bonchev–Trinajstić information content (AvgIpc) is 2.38. The van der Waals surface area contributed by atoms with Crippen LogP contribution in [-0.2, 0) is 6.18 Å². The van der Waals surface area contributed by atoms with Crippen molar-refractivity contribution in [2.24, 2.45) is 0 Å². The minimum atomic E-state index is -4.58. The highest BCUT2D eigenvalue weighted by Crippen LogP contribution is 2.37. The van der Waals surface area contributed by atoms with E-state index in [9.17, 15) is 18.0 Å². The van der Waals surface area contributed by atoms with Crippen LogP contribution < -0.4 is 0 Å². The molecule has 6 heteroatoms. The number of hydrogen-bond donors (Lipinski definition) is 0. The van der Waals surface area contributed by atoms with E-state index in [1.807, 2.05) is 0 Å². The molecule has 0 aliphatic rings. The first-order chi connectivity index (χ1) is 8.89. The smallest absolute Gasteiger partial charge is 0.276 e. The van der Waals surface area contributed by atoms with Crippen molar-refractivity contribution in [3.05, 3.63) is 53.9 Å². The van der Waals surface area contributed by atoms with Gasteiger partial charge in [-0.25, -0.2) is 0 Å². The van der Waals surface area contributed by atoms with E-state index in [-0.39, 0.29) is 11.1 Å². The molecule has 0 N–H and O–H groups in total. The molecule has 0 saturated carbocycles. The molecular formula is C13H7ClF3NO. The summed E-state index contributed by atoms with van der Waals surface area (Å²) in [5.41, 5.74) is -0.820. The van der Waals surface area contributed by atoms with Crippen molar-refractivity contribution in [2.45, 2.75) is 6.18 Å². The fraction of sp³-hybridized carbons (Fsp3) is 0.0769. The molecule has 0 atom stereocenters. The second-order valence-corrected chi connectivity index (χ2v) is 4.12. The Morgan fingerprint density at radius 3 is 2.47 bits per heavy atom. The van der Waals surface area contributed by atoms with Gasteiger partial charge in [0.05, 0.1) is 5.56 Å². The van der Waals surface area contributed by atoms with Gasteiger partial charge in [0.25, 0.3) is 5.24 Å². The molecule has 0 spiro atoms. The topological polar surface area (TPSA) is 30.0 Å². The summed E-state index contributed by atoms with van der Waals surface area (Å²) in [4.78, 5) is 14.7. The number of alkyl halides is 3. The fourth-order valence-corrected chi connectivity index (χ4v) is 1.79. The molecule has 0 fully saturated rings. The van der Waals surface area contributed by atoms with Gasteiger partial charge in [-0.3, -0.25) is 9.78 Å². The maximum absolute atomic E-state index is 13.0. The molecule has 1 aromatic carbocycles. The third kappa shape index (κ3) is 2.93. The van der Waals surface area contributed by atoms with Gasteiger partial charge >= 0.3 is 6.18 Å². The first-order valence-electron chi connectivity index (χ1n) is 5.21. The molecule has 98 valence electrons. The zero-order valence-corrected chi connectivity index (χ0v) is 10.2. The second-order valence-electron chi connectivity index (χ2n) is 3.77. The number of carbonyl (C=O) groups excluding carboxylic acids is 1. The Labute approximate surface area is 111 Å². The van der Waals surface area contributed by atoms with Crippen LogP contribution in [0.3, 0.4) is 0 Å². The van der Waals surface area contributed by atoms with E-state index < -0.39 is 17.0 Å².